The molecule has 3 N–H and O–H groups in total. The summed E-state index contributed by atoms with van der Waals surface area (Å²) in [6.07, 6.45) is -2.07. The van der Waals surface area contributed by atoms with E-state index in [0.717, 1.165) is 0 Å². The molecule has 8 nitrogen and oxygen atoms in total. The van der Waals surface area contributed by atoms with Crippen LogP contribution in [0.15, 0.2) is 40.5 Å². The van der Waals surface area contributed by atoms with Crippen molar-refractivity contribution in [2.75, 3.05) is 0 Å². The zero-order valence-corrected chi connectivity index (χ0v) is 13.4. The van der Waals surface area contributed by atoms with E-state index >= 15 is 0 Å². The molecule has 4 atom stereocenters. The van der Waals surface area contributed by atoms with Crippen molar-refractivity contribution in [3.63, 3.8) is 0 Å². The van der Waals surface area contributed by atoms with Crippen LogP contribution in [0.25, 0.3) is 5.53 Å². The molecule has 3 aliphatic carbocycles. The number of fused-ring (bicyclic) bond motifs is 3. The number of aliphatic hydroxyl groups excluding tert-OH is 1. The second kappa shape index (κ2) is 4.40. The molecule has 1 fully saturated rings. The molecule has 4 unspecified atom stereocenters. The average Bonchev–Trinajstić information content (AvgIpc) is 3.20. The summed E-state index contributed by atoms with van der Waals surface area (Å²) in [7, 11) is 0. The van der Waals surface area contributed by atoms with Gasteiger partial charge in [0.05, 0.1) is 16.7 Å². The number of benzene rings is 1. The lowest BCUT2D eigenvalue weighted by Gasteiger charge is -2.22. The van der Waals surface area contributed by atoms with Gasteiger partial charge in [-0.15, -0.1) is 0 Å². The first kappa shape index (κ1) is 15.3. The molecule has 0 aromatic heterocycles. The van der Waals surface area contributed by atoms with Gasteiger partial charge in [-0.3, -0.25) is 14.4 Å². The summed E-state index contributed by atoms with van der Waals surface area (Å²) >= 11 is 0. The Kier molecular flexibility index (Phi) is 2.59. The number of nitrogens with zero attached hydrogens (tertiary/aromatic N) is 1. The van der Waals surface area contributed by atoms with E-state index in [0.29, 0.717) is 0 Å². The number of epoxide rings is 1. The summed E-state index contributed by atoms with van der Waals surface area (Å²) in [5.74, 6) is -2.11. The second-order valence-electron chi connectivity index (χ2n) is 6.96. The number of carbonyl (C=O) groups is 3. The monoisotopic (exact) mass is 352 g/mol. The third kappa shape index (κ3) is 1.46. The van der Waals surface area contributed by atoms with Crippen LogP contribution < -0.4 is 5.11 Å². The number of aromatic hydroxyl groups is 1. The number of carbonyl (C=O) groups excluding carboxylic acids is 3. The Balaban J connectivity index is 1.80. The normalized spacial score (nSPS) is 34.4. The number of hydrogen-bond donors (Lipinski definition) is 3. The van der Waals surface area contributed by atoms with Gasteiger partial charge in [0.1, 0.15) is 18.0 Å². The van der Waals surface area contributed by atoms with Gasteiger partial charge in [-0.05, 0) is 13.0 Å². The molecule has 0 amide bonds. The van der Waals surface area contributed by atoms with Crippen LogP contribution in [0.2, 0.25) is 0 Å². The fraction of sp³-hybridized carbons (Fsp3) is 0.278. The Morgan fingerprint density at radius 2 is 1.88 bits per heavy atom. The van der Waals surface area contributed by atoms with Crippen molar-refractivity contribution in [3.8, 4) is 5.75 Å². The molecule has 8 heteroatoms. The number of rotatable bonds is 1. The summed E-state index contributed by atoms with van der Waals surface area (Å²) in [6.45, 7) is 1.52. The van der Waals surface area contributed by atoms with Crippen molar-refractivity contribution in [1.29, 1.82) is 0 Å². The fourth-order valence-electron chi connectivity index (χ4n) is 4.34. The molecular formula is C18H12N2O6. The first-order valence-corrected chi connectivity index (χ1v) is 8.03. The van der Waals surface area contributed by atoms with Gasteiger partial charge < -0.3 is 25.6 Å². The van der Waals surface area contributed by atoms with Gasteiger partial charge in [0, 0.05) is 16.7 Å². The quantitative estimate of drug-likeness (QED) is 0.435. The molecular weight excluding hydrogens is 340 g/mol. The van der Waals surface area contributed by atoms with Crippen LogP contribution in [0.5, 0.6) is 5.75 Å². The van der Waals surface area contributed by atoms with E-state index in [4.69, 9.17) is 4.74 Å². The molecule has 1 aromatic carbocycles. The molecule has 0 saturated carbocycles. The zero-order chi connectivity index (χ0) is 18.5. The highest BCUT2D eigenvalue weighted by Gasteiger charge is 2.70. The molecule has 0 spiro atoms. The molecule has 1 aliphatic heterocycles. The molecule has 1 saturated heterocycles. The number of Topliss-reactive ketones (excluding diaryl/α,β-unsaturated/α-hetero) is 3. The van der Waals surface area contributed by atoms with E-state index in [2.05, 4.69) is 0 Å². The molecule has 1 heterocycles. The van der Waals surface area contributed by atoms with E-state index in [9.17, 15) is 30.1 Å². The highest BCUT2D eigenvalue weighted by Crippen LogP contribution is 2.54. The number of ether oxygens (including phenoxy) is 1. The topological polar surface area (TPSA) is 140 Å². The lowest BCUT2D eigenvalue weighted by atomic mass is 9.78. The van der Waals surface area contributed by atoms with Crippen LogP contribution in [0, 0.1) is 0 Å². The Morgan fingerprint density at radius 1 is 1.15 bits per heavy atom. The van der Waals surface area contributed by atoms with Gasteiger partial charge in [-0.25, -0.2) is 0 Å². The minimum atomic E-state index is -1.27. The number of nitrogens with one attached hydrogen (secondary N) is 1. The Labute approximate surface area is 146 Å². The van der Waals surface area contributed by atoms with Gasteiger partial charge in [0.2, 0.25) is 11.6 Å². The van der Waals surface area contributed by atoms with Gasteiger partial charge in [0.25, 0.3) is 0 Å². The van der Waals surface area contributed by atoms with Crippen molar-refractivity contribution < 1.29 is 34.4 Å². The van der Waals surface area contributed by atoms with Crippen molar-refractivity contribution >= 4 is 17.3 Å². The van der Waals surface area contributed by atoms with E-state index in [1.165, 1.54) is 25.1 Å². The molecule has 130 valence electrons. The third-order valence-corrected chi connectivity index (χ3v) is 5.66. The first-order valence-electron chi connectivity index (χ1n) is 8.03. The van der Waals surface area contributed by atoms with Crippen LogP contribution in [0.4, 0.5) is 0 Å². The minimum absolute atomic E-state index is 0.0103. The predicted octanol–water partition coefficient (Wildman–Crippen LogP) is -1.05. The van der Waals surface area contributed by atoms with Gasteiger partial charge >= 0.3 is 0 Å². The summed E-state index contributed by atoms with van der Waals surface area (Å²) in [5, 5.41) is 22.6. The number of hydrogen-bond acceptors (Lipinski definition) is 6. The van der Waals surface area contributed by atoms with Crippen LogP contribution in [-0.4, -0.2) is 51.4 Å². The van der Waals surface area contributed by atoms with Crippen molar-refractivity contribution in [1.82, 2.24) is 0 Å². The summed E-state index contributed by atoms with van der Waals surface area (Å²) in [4.78, 5) is 38.9. The molecule has 0 bridgehead atoms. The van der Waals surface area contributed by atoms with Crippen molar-refractivity contribution in [2.24, 2.45) is 0 Å². The number of phenols is 1. The number of phenolic OH excluding ortho intramolecular Hbond substituents is 1. The van der Waals surface area contributed by atoms with Crippen LogP contribution >= 0.6 is 0 Å². The highest BCUT2D eigenvalue weighted by molar-refractivity contribution is 6.32. The van der Waals surface area contributed by atoms with Crippen LogP contribution in [0.1, 0.15) is 27.6 Å². The van der Waals surface area contributed by atoms with Crippen molar-refractivity contribution in [2.45, 2.75) is 30.8 Å². The lowest BCUT2D eigenvalue weighted by molar-refractivity contribution is -0.501. The maximum atomic E-state index is 13.0. The summed E-state index contributed by atoms with van der Waals surface area (Å²) in [5.41, 5.74) is 7.94. The number of ketones is 3. The third-order valence-electron chi connectivity index (χ3n) is 5.66. The molecule has 4 aliphatic rings. The van der Waals surface area contributed by atoms with Crippen molar-refractivity contribution in [3.05, 3.63) is 57.1 Å². The SMILES string of the molecule is CC12OC1C(O)C1=C(C2=O)C([NH+]=[N-])C2=C1C(=O)c1cccc(O)c1C2=O. The average molecular weight is 352 g/mol. The smallest absolute Gasteiger partial charge is 0.201 e. The van der Waals surface area contributed by atoms with E-state index in [1.807, 2.05) is 5.11 Å². The molecule has 1 aromatic rings. The van der Waals surface area contributed by atoms with E-state index < -0.39 is 41.2 Å². The van der Waals surface area contributed by atoms with Crippen LogP contribution in [0.3, 0.4) is 0 Å². The first-order chi connectivity index (χ1) is 12.3. The minimum Gasteiger partial charge on any atom is -0.508 e. The molecule has 0 radical (unpaired) electrons. The largest absolute Gasteiger partial charge is 0.508 e. The van der Waals surface area contributed by atoms with E-state index in [-0.39, 0.29) is 39.2 Å². The second-order valence-corrected chi connectivity index (χ2v) is 6.96. The van der Waals surface area contributed by atoms with Gasteiger partial charge in [0.15, 0.2) is 17.4 Å². The predicted molar refractivity (Wildman–Crippen MR) is 83.2 cm³/mol. The van der Waals surface area contributed by atoms with Gasteiger partial charge in [-0.1, -0.05) is 12.1 Å². The maximum Gasteiger partial charge on any atom is 0.201 e. The number of aliphatic hydroxyl groups is 1. The Hall–Kier alpha value is -2.97. The fourth-order valence-corrected chi connectivity index (χ4v) is 4.34. The summed E-state index contributed by atoms with van der Waals surface area (Å²) in [6, 6.07) is 2.84. The summed E-state index contributed by atoms with van der Waals surface area (Å²) < 4.78 is 5.34. The van der Waals surface area contributed by atoms with Crippen LogP contribution in [-0.2, 0) is 9.53 Å². The van der Waals surface area contributed by atoms with E-state index in [1.54, 1.807) is 0 Å². The Bertz CT molecular complexity index is 1050. The molecule has 5 rings (SSSR count). The maximum absolute atomic E-state index is 13.0. The standard InChI is InChI=1S/C18H12N2O6/c1-18-16(25)11-9(15(24)17(18)26-18)8-10(12(11)20-19)14(23)7-5(13(8)22)3-2-4-6(7)21/h2-4,12,15,17,20-21,24H,1H3. The van der Waals surface area contributed by atoms with Gasteiger partial charge in [-0.2, -0.15) is 0 Å². The molecule has 26 heavy (non-hydrogen) atoms. The Morgan fingerprint density at radius 3 is 2.58 bits per heavy atom. The lowest BCUT2D eigenvalue weighted by Crippen LogP contribution is -2.74. The zero-order valence-electron chi connectivity index (χ0n) is 13.4. The highest BCUT2D eigenvalue weighted by atomic mass is 16.6.